The second-order valence-corrected chi connectivity index (χ2v) is 5.07. The smallest absolute Gasteiger partial charge is 0.226 e. The van der Waals surface area contributed by atoms with Crippen LogP contribution >= 0.6 is 11.3 Å². The van der Waals surface area contributed by atoms with E-state index in [1.165, 1.54) is 11.3 Å². The lowest BCUT2D eigenvalue weighted by Gasteiger charge is -2.20. The number of hydrogen-bond acceptors (Lipinski definition) is 4. The minimum atomic E-state index is 0.0193. The van der Waals surface area contributed by atoms with Gasteiger partial charge in [0.25, 0.3) is 0 Å². The number of nitrogens with zero attached hydrogens (tertiary/aromatic N) is 1. The molecular weight excluding hydrogens is 222 g/mol. The molecule has 90 valence electrons. The normalized spacial score (nSPS) is 12.8. The maximum Gasteiger partial charge on any atom is 0.226 e. The number of carbonyl (C=O) groups is 1. The molecule has 0 radical (unpaired) electrons. The SMILES string of the molecule is CCC(NC(=O)Cc1csc(N)n1)C(C)C. The number of rotatable bonds is 5. The number of nitrogens with one attached hydrogen (secondary N) is 1. The van der Waals surface area contributed by atoms with Crippen LogP contribution in [0.15, 0.2) is 5.38 Å². The molecule has 0 bridgehead atoms. The number of carbonyl (C=O) groups excluding carboxylic acids is 1. The molecule has 1 aromatic heterocycles. The van der Waals surface area contributed by atoms with E-state index >= 15 is 0 Å². The summed E-state index contributed by atoms with van der Waals surface area (Å²) in [5, 5.41) is 5.35. The maximum atomic E-state index is 11.7. The van der Waals surface area contributed by atoms with Gasteiger partial charge < -0.3 is 11.1 Å². The third kappa shape index (κ3) is 3.81. The number of aromatic nitrogens is 1. The molecule has 0 aromatic carbocycles. The fraction of sp³-hybridized carbons (Fsp3) is 0.636. The number of anilines is 1. The van der Waals surface area contributed by atoms with Gasteiger partial charge in [-0.05, 0) is 12.3 Å². The molecule has 0 spiro atoms. The zero-order valence-corrected chi connectivity index (χ0v) is 10.8. The van der Waals surface area contributed by atoms with Gasteiger partial charge >= 0.3 is 0 Å². The van der Waals surface area contributed by atoms with Crippen LogP contribution in [-0.2, 0) is 11.2 Å². The Hall–Kier alpha value is -1.10. The van der Waals surface area contributed by atoms with Crippen LogP contribution in [0.4, 0.5) is 5.13 Å². The van der Waals surface area contributed by atoms with Crippen molar-refractivity contribution in [2.24, 2.45) is 5.92 Å². The van der Waals surface area contributed by atoms with Gasteiger partial charge in [0.2, 0.25) is 5.91 Å². The molecule has 1 unspecified atom stereocenters. The highest BCUT2D eigenvalue weighted by Gasteiger charge is 2.14. The standard InChI is InChI=1S/C11H19N3OS/c1-4-9(7(2)3)14-10(15)5-8-6-16-11(12)13-8/h6-7,9H,4-5H2,1-3H3,(H2,12,13)(H,14,15). The fourth-order valence-electron chi connectivity index (χ4n) is 1.57. The van der Waals surface area contributed by atoms with E-state index in [2.05, 4.69) is 31.1 Å². The lowest BCUT2D eigenvalue weighted by molar-refractivity contribution is -0.121. The Morgan fingerprint density at radius 3 is 2.75 bits per heavy atom. The molecule has 1 atom stereocenters. The number of amides is 1. The second kappa shape index (κ2) is 5.84. The van der Waals surface area contributed by atoms with Gasteiger partial charge in [-0.25, -0.2) is 4.98 Å². The lowest BCUT2D eigenvalue weighted by atomic mass is 10.0. The van der Waals surface area contributed by atoms with Crippen molar-refractivity contribution in [1.82, 2.24) is 10.3 Å². The molecule has 1 aromatic rings. The maximum absolute atomic E-state index is 11.7. The highest BCUT2D eigenvalue weighted by molar-refractivity contribution is 7.13. The molecule has 0 aliphatic carbocycles. The van der Waals surface area contributed by atoms with Gasteiger partial charge in [0, 0.05) is 11.4 Å². The Morgan fingerprint density at radius 2 is 2.31 bits per heavy atom. The molecule has 1 amide bonds. The van der Waals surface area contributed by atoms with Crippen molar-refractivity contribution < 1.29 is 4.79 Å². The van der Waals surface area contributed by atoms with E-state index < -0.39 is 0 Å². The topological polar surface area (TPSA) is 68.0 Å². The largest absolute Gasteiger partial charge is 0.375 e. The molecule has 0 fully saturated rings. The van der Waals surface area contributed by atoms with E-state index in [1.807, 2.05) is 5.38 Å². The number of nitrogen functional groups attached to an aromatic ring is 1. The Morgan fingerprint density at radius 1 is 1.62 bits per heavy atom. The summed E-state index contributed by atoms with van der Waals surface area (Å²) in [6.45, 7) is 6.29. The monoisotopic (exact) mass is 241 g/mol. The zero-order chi connectivity index (χ0) is 12.1. The third-order valence-corrected chi connectivity index (χ3v) is 3.22. The minimum absolute atomic E-state index is 0.0193. The first-order valence-electron chi connectivity index (χ1n) is 5.52. The molecular formula is C11H19N3OS. The van der Waals surface area contributed by atoms with E-state index in [4.69, 9.17) is 5.73 Å². The number of hydrogen-bond donors (Lipinski definition) is 2. The van der Waals surface area contributed by atoms with Gasteiger partial charge in [-0.1, -0.05) is 20.8 Å². The van der Waals surface area contributed by atoms with Crippen molar-refractivity contribution in [3.05, 3.63) is 11.1 Å². The Bertz CT molecular complexity index is 349. The number of thiazole rings is 1. The molecule has 0 aliphatic heterocycles. The molecule has 4 nitrogen and oxygen atoms in total. The van der Waals surface area contributed by atoms with Crippen molar-refractivity contribution in [3.8, 4) is 0 Å². The predicted molar refractivity (Wildman–Crippen MR) is 67.3 cm³/mol. The number of nitrogens with two attached hydrogens (primary N) is 1. The summed E-state index contributed by atoms with van der Waals surface area (Å²) in [6, 6.07) is 0.239. The van der Waals surface area contributed by atoms with Crippen molar-refractivity contribution in [3.63, 3.8) is 0 Å². The van der Waals surface area contributed by atoms with Crippen LogP contribution in [0.5, 0.6) is 0 Å². The first-order valence-corrected chi connectivity index (χ1v) is 6.40. The molecule has 0 saturated carbocycles. The zero-order valence-electron chi connectivity index (χ0n) is 9.99. The van der Waals surface area contributed by atoms with Crippen molar-refractivity contribution in [2.45, 2.75) is 39.7 Å². The first kappa shape index (κ1) is 13.0. The highest BCUT2D eigenvalue weighted by Crippen LogP contribution is 2.12. The van der Waals surface area contributed by atoms with E-state index in [0.29, 0.717) is 17.5 Å². The summed E-state index contributed by atoms with van der Waals surface area (Å²) >= 11 is 1.36. The van der Waals surface area contributed by atoms with Gasteiger partial charge in [-0.3, -0.25) is 4.79 Å². The van der Waals surface area contributed by atoms with Crippen LogP contribution in [0.25, 0.3) is 0 Å². The van der Waals surface area contributed by atoms with Crippen molar-refractivity contribution in [2.75, 3.05) is 5.73 Å². The summed E-state index contributed by atoms with van der Waals surface area (Å²) in [5.74, 6) is 0.473. The van der Waals surface area contributed by atoms with E-state index in [1.54, 1.807) is 0 Å². The van der Waals surface area contributed by atoms with Gasteiger partial charge in [0.15, 0.2) is 5.13 Å². The van der Waals surface area contributed by atoms with Crippen LogP contribution in [0.2, 0.25) is 0 Å². The molecule has 16 heavy (non-hydrogen) atoms. The van der Waals surface area contributed by atoms with Crippen LogP contribution in [-0.4, -0.2) is 16.9 Å². The average molecular weight is 241 g/mol. The van der Waals surface area contributed by atoms with Gasteiger partial charge in [-0.15, -0.1) is 11.3 Å². The second-order valence-electron chi connectivity index (χ2n) is 4.18. The summed E-state index contributed by atoms with van der Waals surface area (Å²) in [7, 11) is 0. The predicted octanol–water partition coefficient (Wildman–Crippen LogP) is 1.82. The fourth-order valence-corrected chi connectivity index (χ4v) is 2.13. The van der Waals surface area contributed by atoms with Gasteiger partial charge in [0.05, 0.1) is 12.1 Å². The summed E-state index contributed by atoms with van der Waals surface area (Å²) < 4.78 is 0. The lowest BCUT2D eigenvalue weighted by Crippen LogP contribution is -2.38. The third-order valence-electron chi connectivity index (χ3n) is 2.50. The van der Waals surface area contributed by atoms with E-state index in [0.717, 1.165) is 12.1 Å². The van der Waals surface area contributed by atoms with Crippen LogP contribution < -0.4 is 11.1 Å². The summed E-state index contributed by atoms with van der Waals surface area (Å²) in [4.78, 5) is 15.8. The first-order chi connectivity index (χ1) is 7.52. The van der Waals surface area contributed by atoms with Gasteiger partial charge in [0.1, 0.15) is 0 Å². The minimum Gasteiger partial charge on any atom is -0.375 e. The molecule has 1 rings (SSSR count). The summed E-state index contributed by atoms with van der Waals surface area (Å²) in [6.07, 6.45) is 1.26. The van der Waals surface area contributed by atoms with Crippen LogP contribution in [0.1, 0.15) is 32.9 Å². The summed E-state index contributed by atoms with van der Waals surface area (Å²) in [5.41, 5.74) is 6.25. The average Bonchev–Trinajstić information content (AvgIpc) is 2.60. The van der Waals surface area contributed by atoms with Crippen molar-refractivity contribution in [1.29, 1.82) is 0 Å². The van der Waals surface area contributed by atoms with Crippen LogP contribution in [0.3, 0.4) is 0 Å². The van der Waals surface area contributed by atoms with E-state index in [-0.39, 0.29) is 11.9 Å². The molecule has 0 saturated heterocycles. The Kier molecular flexibility index (Phi) is 4.73. The molecule has 3 N–H and O–H groups in total. The molecule has 0 aliphatic rings. The van der Waals surface area contributed by atoms with Crippen LogP contribution in [0, 0.1) is 5.92 Å². The molecule has 1 heterocycles. The quantitative estimate of drug-likeness (QED) is 0.826. The Balaban J connectivity index is 2.47. The van der Waals surface area contributed by atoms with Crippen molar-refractivity contribution >= 4 is 22.4 Å². The van der Waals surface area contributed by atoms with E-state index in [9.17, 15) is 4.79 Å². The highest BCUT2D eigenvalue weighted by atomic mass is 32.1. The van der Waals surface area contributed by atoms with Gasteiger partial charge in [-0.2, -0.15) is 0 Å². The molecule has 5 heteroatoms. The Labute approximate surface area is 100 Å².